The number of thioether (sulfide) groups is 2. The summed E-state index contributed by atoms with van der Waals surface area (Å²) in [6, 6.07) is 7.25. The molecule has 0 spiro atoms. The van der Waals surface area contributed by atoms with Gasteiger partial charge in [-0.25, -0.2) is 9.55 Å². The Kier molecular flexibility index (Phi) is 4.16. The molecule has 1 N–H and O–H groups in total. The molecular weight excluding hydrogens is 284 g/mol. The number of imidazole rings is 1. The number of carbonyl (C=O) groups is 2. The summed E-state index contributed by atoms with van der Waals surface area (Å²) in [5.41, 5.74) is 1.38. The third-order valence-corrected chi connectivity index (χ3v) is 4.09. The zero-order chi connectivity index (χ0) is 14.0. The minimum absolute atomic E-state index is 0.172. The van der Waals surface area contributed by atoms with Gasteiger partial charge < -0.3 is 5.11 Å². The maximum Gasteiger partial charge on any atom is 0.316 e. The SMILES string of the molecule is CSC(=O)n1c(SC(C)C(=O)O)nc2ccccc21. The third kappa shape index (κ3) is 2.76. The van der Waals surface area contributed by atoms with Crippen LogP contribution in [-0.2, 0) is 4.79 Å². The molecule has 0 aliphatic heterocycles. The van der Waals surface area contributed by atoms with Gasteiger partial charge in [-0.2, -0.15) is 0 Å². The van der Waals surface area contributed by atoms with Gasteiger partial charge in [0.05, 0.1) is 11.0 Å². The molecule has 100 valence electrons. The molecule has 0 aliphatic carbocycles. The van der Waals surface area contributed by atoms with Gasteiger partial charge in [-0.05, 0) is 25.3 Å². The van der Waals surface area contributed by atoms with Crippen molar-refractivity contribution in [2.75, 3.05) is 6.26 Å². The molecule has 0 amide bonds. The van der Waals surface area contributed by atoms with E-state index in [0.717, 1.165) is 23.5 Å². The Morgan fingerprint density at radius 2 is 2.05 bits per heavy atom. The third-order valence-electron chi connectivity index (χ3n) is 2.52. The summed E-state index contributed by atoms with van der Waals surface area (Å²) >= 11 is 2.14. The standard InChI is InChI=1S/C12H12N2O3S2/c1-7(10(15)16)19-11-13-8-5-3-4-6-9(8)14(11)12(17)18-2/h3-7H,1-2H3,(H,15,16). The van der Waals surface area contributed by atoms with Crippen LogP contribution in [0.3, 0.4) is 0 Å². The second kappa shape index (κ2) is 5.66. The Labute approximate surface area is 118 Å². The number of carboxylic acid groups (broad SMARTS) is 1. The van der Waals surface area contributed by atoms with Crippen LogP contribution in [0.4, 0.5) is 4.79 Å². The van der Waals surface area contributed by atoms with Crippen molar-refractivity contribution in [3.8, 4) is 0 Å². The normalized spacial score (nSPS) is 12.5. The van der Waals surface area contributed by atoms with Gasteiger partial charge in [-0.15, -0.1) is 0 Å². The van der Waals surface area contributed by atoms with Gasteiger partial charge in [0.15, 0.2) is 5.16 Å². The molecule has 0 saturated carbocycles. The van der Waals surface area contributed by atoms with E-state index in [1.807, 2.05) is 12.1 Å². The number of para-hydroxylation sites is 2. The van der Waals surface area contributed by atoms with Crippen molar-refractivity contribution < 1.29 is 14.7 Å². The van der Waals surface area contributed by atoms with Crippen LogP contribution in [0.2, 0.25) is 0 Å². The summed E-state index contributed by atoms with van der Waals surface area (Å²) in [7, 11) is 0. The Bertz CT molecular complexity index is 639. The molecule has 0 saturated heterocycles. The second-order valence-electron chi connectivity index (χ2n) is 3.79. The Hall–Kier alpha value is -1.47. The van der Waals surface area contributed by atoms with Gasteiger partial charge in [-0.1, -0.05) is 35.7 Å². The quantitative estimate of drug-likeness (QED) is 0.878. The zero-order valence-corrected chi connectivity index (χ0v) is 12.0. The molecule has 19 heavy (non-hydrogen) atoms. The number of aliphatic carboxylic acids is 1. The lowest BCUT2D eigenvalue weighted by atomic mass is 10.3. The fraction of sp³-hybridized carbons (Fsp3) is 0.250. The highest BCUT2D eigenvalue weighted by molar-refractivity contribution is 8.13. The number of aromatic nitrogens is 2. The van der Waals surface area contributed by atoms with Crippen molar-refractivity contribution in [3.05, 3.63) is 24.3 Å². The number of hydrogen-bond donors (Lipinski definition) is 1. The lowest BCUT2D eigenvalue weighted by Crippen LogP contribution is -2.14. The summed E-state index contributed by atoms with van der Waals surface area (Å²) in [4.78, 5) is 27.2. The number of fused-ring (bicyclic) bond motifs is 1. The average molecular weight is 296 g/mol. The molecule has 1 atom stereocenters. The van der Waals surface area contributed by atoms with Crippen LogP contribution in [0.25, 0.3) is 11.0 Å². The van der Waals surface area contributed by atoms with Gasteiger partial charge in [0.1, 0.15) is 5.25 Å². The van der Waals surface area contributed by atoms with Gasteiger partial charge in [-0.3, -0.25) is 9.59 Å². The fourth-order valence-corrected chi connectivity index (χ4v) is 2.84. The van der Waals surface area contributed by atoms with Gasteiger partial charge >= 0.3 is 5.97 Å². The van der Waals surface area contributed by atoms with Crippen LogP contribution in [0.15, 0.2) is 29.4 Å². The predicted octanol–water partition coefficient (Wildman–Crippen LogP) is 2.93. The number of hydrogen-bond acceptors (Lipinski definition) is 5. The van der Waals surface area contributed by atoms with E-state index in [1.54, 1.807) is 25.3 Å². The summed E-state index contributed by atoms with van der Waals surface area (Å²) in [6.07, 6.45) is 1.69. The topological polar surface area (TPSA) is 72.2 Å². The maximum absolute atomic E-state index is 12.0. The van der Waals surface area contributed by atoms with Crippen molar-refractivity contribution in [3.63, 3.8) is 0 Å². The lowest BCUT2D eigenvalue weighted by Gasteiger charge is -2.07. The molecule has 1 unspecified atom stereocenters. The molecule has 1 aromatic carbocycles. The van der Waals surface area contributed by atoms with E-state index in [1.165, 1.54) is 4.57 Å². The van der Waals surface area contributed by atoms with Gasteiger partial charge in [0.25, 0.3) is 5.24 Å². The molecule has 2 aromatic rings. The van der Waals surface area contributed by atoms with Crippen LogP contribution in [0.5, 0.6) is 0 Å². The molecule has 1 heterocycles. The number of carbonyl (C=O) groups excluding carboxylic acids is 1. The van der Waals surface area contributed by atoms with Crippen LogP contribution in [0, 0.1) is 0 Å². The number of rotatable bonds is 3. The number of nitrogens with zero attached hydrogens (tertiary/aromatic N) is 2. The second-order valence-corrected chi connectivity index (χ2v) is 5.85. The van der Waals surface area contributed by atoms with E-state index in [4.69, 9.17) is 5.11 Å². The summed E-state index contributed by atoms with van der Waals surface area (Å²) in [5, 5.41) is 8.54. The minimum atomic E-state index is -0.930. The van der Waals surface area contributed by atoms with Crippen LogP contribution in [-0.4, -0.2) is 37.4 Å². The Morgan fingerprint density at radius 1 is 1.37 bits per heavy atom. The molecule has 1 aromatic heterocycles. The van der Waals surface area contributed by atoms with E-state index in [9.17, 15) is 9.59 Å². The predicted molar refractivity (Wildman–Crippen MR) is 77.0 cm³/mol. The molecule has 7 heteroatoms. The summed E-state index contributed by atoms with van der Waals surface area (Å²) in [6.45, 7) is 1.57. The monoisotopic (exact) mass is 296 g/mol. The molecular formula is C12H12N2O3S2. The van der Waals surface area contributed by atoms with Crippen molar-refractivity contribution in [2.24, 2.45) is 0 Å². The molecule has 0 bridgehead atoms. The van der Waals surface area contributed by atoms with E-state index in [0.29, 0.717) is 16.2 Å². The van der Waals surface area contributed by atoms with Gasteiger partial charge in [0, 0.05) is 0 Å². The molecule has 2 rings (SSSR count). The minimum Gasteiger partial charge on any atom is -0.480 e. The summed E-state index contributed by atoms with van der Waals surface area (Å²) < 4.78 is 1.46. The van der Waals surface area contributed by atoms with E-state index < -0.39 is 11.2 Å². The largest absolute Gasteiger partial charge is 0.480 e. The van der Waals surface area contributed by atoms with Crippen molar-refractivity contribution in [2.45, 2.75) is 17.3 Å². The van der Waals surface area contributed by atoms with Crippen LogP contribution in [0.1, 0.15) is 6.92 Å². The first-order valence-electron chi connectivity index (χ1n) is 5.50. The Balaban J connectivity index is 2.53. The van der Waals surface area contributed by atoms with E-state index >= 15 is 0 Å². The summed E-state index contributed by atoms with van der Waals surface area (Å²) in [5.74, 6) is -0.930. The first-order chi connectivity index (χ1) is 9.04. The fourth-order valence-electron chi connectivity index (χ4n) is 1.56. The maximum atomic E-state index is 12.0. The highest BCUT2D eigenvalue weighted by Crippen LogP contribution is 2.28. The smallest absolute Gasteiger partial charge is 0.316 e. The lowest BCUT2D eigenvalue weighted by molar-refractivity contribution is -0.136. The van der Waals surface area contributed by atoms with Crippen LogP contribution < -0.4 is 0 Å². The van der Waals surface area contributed by atoms with Crippen molar-refractivity contribution in [1.82, 2.24) is 9.55 Å². The van der Waals surface area contributed by atoms with Crippen molar-refractivity contribution in [1.29, 1.82) is 0 Å². The molecule has 0 radical (unpaired) electrons. The number of carboxylic acids is 1. The van der Waals surface area contributed by atoms with E-state index in [-0.39, 0.29) is 5.24 Å². The highest BCUT2D eigenvalue weighted by Gasteiger charge is 2.21. The number of benzene rings is 1. The average Bonchev–Trinajstić information content (AvgIpc) is 2.75. The molecule has 0 fully saturated rings. The van der Waals surface area contributed by atoms with Gasteiger partial charge in [0.2, 0.25) is 0 Å². The zero-order valence-electron chi connectivity index (χ0n) is 10.4. The van der Waals surface area contributed by atoms with Crippen LogP contribution >= 0.6 is 23.5 Å². The molecule has 0 aliphatic rings. The van der Waals surface area contributed by atoms with Crippen molar-refractivity contribution >= 4 is 45.8 Å². The van der Waals surface area contributed by atoms with E-state index in [2.05, 4.69) is 4.98 Å². The first-order valence-corrected chi connectivity index (χ1v) is 7.60. The molecule has 5 nitrogen and oxygen atoms in total. The highest BCUT2D eigenvalue weighted by atomic mass is 32.2. The Morgan fingerprint density at radius 3 is 2.68 bits per heavy atom. The first kappa shape index (κ1) is 14.0.